The average Bonchev–Trinajstić information content (AvgIpc) is 3.59. The van der Waals surface area contributed by atoms with Crippen LogP contribution in [0.15, 0.2) is 66.7 Å². The van der Waals surface area contributed by atoms with Crippen molar-refractivity contribution in [1.29, 1.82) is 0 Å². The van der Waals surface area contributed by atoms with Crippen LogP contribution < -0.4 is 25.0 Å². The average molecular weight is 675 g/mol. The minimum atomic E-state index is -0.536. The van der Waals surface area contributed by atoms with Crippen molar-refractivity contribution >= 4 is 17.3 Å². The Kier molecular flexibility index (Phi) is 11.6. The highest BCUT2D eigenvalue weighted by atomic mass is 19.1. The number of hydrogen-bond acceptors (Lipinski definition) is 8. The monoisotopic (exact) mass is 674 g/mol. The Hall–Kier alpha value is -3.86. The molecular formula is C39H51FN4O5. The Balaban J connectivity index is 1.13. The number of rotatable bonds is 13. The first-order valence-electron chi connectivity index (χ1n) is 17.7. The summed E-state index contributed by atoms with van der Waals surface area (Å²) in [5, 5.41) is 0. The predicted octanol–water partition coefficient (Wildman–Crippen LogP) is 5.60. The van der Waals surface area contributed by atoms with E-state index in [1.54, 1.807) is 19.2 Å². The molecule has 2 fully saturated rings. The molecule has 0 saturated carbocycles. The summed E-state index contributed by atoms with van der Waals surface area (Å²) in [7, 11) is 1.73. The summed E-state index contributed by atoms with van der Waals surface area (Å²) >= 11 is 0. The van der Waals surface area contributed by atoms with Crippen LogP contribution in [-0.2, 0) is 20.9 Å². The minimum Gasteiger partial charge on any atom is -0.490 e. The highest BCUT2D eigenvalue weighted by molar-refractivity contribution is 5.82. The molecule has 49 heavy (non-hydrogen) atoms. The third-order valence-electron chi connectivity index (χ3n) is 10.0. The number of fused-ring (bicyclic) bond motifs is 1. The highest BCUT2D eigenvalue weighted by Gasteiger charge is 2.35. The zero-order chi connectivity index (χ0) is 34.3. The van der Waals surface area contributed by atoms with Crippen molar-refractivity contribution in [3.05, 3.63) is 83.7 Å². The maximum Gasteiger partial charge on any atom is 0.239 e. The summed E-state index contributed by atoms with van der Waals surface area (Å²) in [6.45, 7) is 10.2. The first kappa shape index (κ1) is 35.0. The van der Waals surface area contributed by atoms with Crippen LogP contribution in [0.4, 0.5) is 15.8 Å². The molecule has 4 atom stereocenters. The number of ether oxygens (including phenoxy) is 4. The fourth-order valence-electron chi connectivity index (χ4n) is 7.12. The number of nitrogens with zero attached hydrogens (tertiary/aromatic N) is 3. The van der Waals surface area contributed by atoms with E-state index in [1.165, 1.54) is 6.07 Å². The lowest BCUT2D eigenvalue weighted by molar-refractivity contribution is -0.138. The molecule has 3 aliphatic rings. The molecule has 0 unspecified atom stereocenters. The Bertz CT molecular complexity index is 1540. The van der Waals surface area contributed by atoms with Gasteiger partial charge in [0.25, 0.3) is 0 Å². The first-order valence-corrected chi connectivity index (χ1v) is 17.7. The van der Waals surface area contributed by atoms with Gasteiger partial charge in [-0.05, 0) is 72.4 Å². The van der Waals surface area contributed by atoms with Gasteiger partial charge in [-0.15, -0.1) is 0 Å². The second-order valence-electron chi connectivity index (χ2n) is 13.8. The van der Waals surface area contributed by atoms with Crippen LogP contribution in [0.1, 0.15) is 50.2 Å². The number of likely N-dealkylation sites (tertiary alicyclic amines) is 1. The number of nitrogens with two attached hydrogens (primary N) is 1. The SMILES string of the molecule is COCCCN1CCOc2ccc(CO[C@H]3CN(C(=O)[C@@H](N)C(C)C)CC[C@@H]3c3ccc(O[C@H]4CCN(c5cccc(F)c5)C4)cc3)cc21. The lowest BCUT2D eigenvalue weighted by Gasteiger charge is -2.40. The molecule has 2 N–H and O–H groups in total. The Labute approximate surface area is 290 Å². The third-order valence-corrected chi connectivity index (χ3v) is 10.0. The van der Waals surface area contributed by atoms with Crippen molar-refractivity contribution in [1.82, 2.24) is 4.90 Å². The number of benzene rings is 3. The van der Waals surface area contributed by atoms with Crippen molar-refractivity contribution in [2.75, 3.05) is 69.4 Å². The molecule has 0 aliphatic carbocycles. The van der Waals surface area contributed by atoms with Gasteiger partial charge in [-0.3, -0.25) is 4.79 Å². The van der Waals surface area contributed by atoms with E-state index in [0.29, 0.717) is 32.8 Å². The molecule has 0 radical (unpaired) electrons. The smallest absolute Gasteiger partial charge is 0.239 e. The van der Waals surface area contributed by atoms with E-state index in [0.717, 1.165) is 79.5 Å². The van der Waals surface area contributed by atoms with Gasteiger partial charge in [-0.2, -0.15) is 0 Å². The van der Waals surface area contributed by atoms with Gasteiger partial charge < -0.3 is 39.4 Å². The normalized spacial score (nSPS) is 21.4. The molecule has 0 aromatic heterocycles. The van der Waals surface area contributed by atoms with E-state index < -0.39 is 6.04 Å². The van der Waals surface area contributed by atoms with Crippen LogP contribution in [0.3, 0.4) is 0 Å². The van der Waals surface area contributed by atoms with Crippen molar-refractivity contribution in [2.24, 2.45) is 11.7 Å². The van der Waals surface area contributed by atoms with Gasteiger partial charge in [0.2, 0.25) is 5.91 Å². The van der Waals surface area contributed by atoms with E-state index in [1.807, 2.05) is 43.0 Å². The molecule has 0 bridgehead atoms. The van der Waals surface area contributed by atoms with Crippen LogP contribution in [0.25, 0.3) is 0 Å². The van der Waals surface area contributed by atoms with Crippen LogP contribution >= 0.6 is 0 Å². The minimum absolute atomic E-state index is 0.0210. The summed E-state index contributed by atoms with van der Waals surface area (Å²) in [4.78, 5) is 19.7. The summed E-state index contributed by atoms with van der Waals surface area (Å²) in [6, 6.07) is 20.8. The van der Waals surface area contributed by atoms with E-state index in [9.17, 15) is 9.18 Å². The number of carbonyl (C=O) groups excluding carboxylic acids is 1. The number of amides is 1. The Morgan fingerprint density at radius 3 is 2.63 bits per heavy atom. The molecule has 0 spiro atoms. The number of methoxy groups -OCH3 is 1. The molecule has 3 aliphatic heterocycles. The maximum atomic E-state index is 13.8. The van der Waals surface area contributed by atoms with Crippen LogP contribution in [0.2, 0.25) is 0 Å². The number of anilines is 2. The fourth-order valence-corrected chi connectivity index (χ4v) is 7.12. The number of halogens is 1. The molecule has 1 amide bonds. The lowest BCUT2D eigenvalue weighted by Crippen LogP contribution is -2.53. The van der Waals surface area contributed by atoms with E-state index >= 15 is 0 Å². The van der Waals surface area contributed by atoms with Crippen LogP contribution in [-0.4, -0.2) is 88.6 Å². The summed E-state index contributed by atoms with van der Waals surface area (Å²) in [5.74, 6) is 1.62. The van der Waals surface area contributed by atoms with Gasteiger partial charge in [0, 0.05) is 57.9 Å². The fraction of sp³-hybridized carbons (Fsp3) is 0.513. The van der Waals surface area contributed by atoms with Crippen molar-refractivity contribution in [3.8, 4) is 11.5 Å². The molecule has 264 valence electrons. The highest BCUT2D eigenvalue weighted by Crippen LogP contribution is 2.36. The molecule has 3 heterocycles. The standard InChI is InChI=1S/C39H51FN4O5/c1-27(2)38(41)39(45)44-18-15-34(29-9-11-32(12-10-29)49-33-14-17-43(24-33)31-7-4-6-30(40)23-31)37(25-44)48-26-28-8-13-36-35(22-28)42(19-21-47-36)16-5-20-46-3/h4,6-13,22-23,27,33-34,37-38H,5,14-21,24-26,41H2,1-3H3/t33-,34+,37-,38-/m0/s1. The van der Waals surface area contributed by atoms with E-state index in [2.05, 4.69) is 34.1 Å². The lowest BCUT2D eigenvalue weighted by atomic mass is 9.86. The summed E-state index contributed by atoms with van der Waals surface area (Å²) in [6.07, 6.45) is 2.42. The molecule has 6 rings (SSSR count). The molecule has 3 aromatic carbocycles. The predicted molar refractivity (Wildman–Crippen MR) is 190 cm³/mol. The van der Waals surface area contributed by atoms with Gasteiger partial charge in [-0.1, -0.05) is 38.1 Å². The quantitative estimate of drug-likeness (QED) is 0.235. The summed E-state index contributed by atoms with van der Waals surface area (Å²) in [5.41, 5.74) is 10.5. The van der Waals surface area contributed by atoms with Crippen LogP contribution in [0, 0.1) is 11.7 Å². The second-order valence-corrected chi connectivity index (χ2v) is 13.8. The van der Waals surface area contributed by atoms with Gasteiger partial charge in [0.15, 0.2) is 0 Å². The molecule has 2 saturated heterocycles. The second kappa shape index (κ2) is 16.2. The van der Waals surface area contributed by atoms with Gasteiger partial charge in [0.1, 0.15) is 30.0 Å². The Morgan fingerprint density at radius 2 is 1.86 bits per heavy atom. The molecular weight excluding hydrogens is 623 g/mol. The van der Waals surface area contributed by atoms with Gasteiger partial charge in [-0.25, -0.2) is 4.39 Å². The largest absolute Gasteiger partial charge is 0.490 e. The van der Waals surface area contributed by atoms with Crippen molar-refractivity contribution in [3.63, 3.8) is 0 Å². The number of hydrogen-bond donors (Lipinski definition) is 1. The number of carbonyl (C=O) groups is 1. The molecule has 3 aromatic rings. The van der Waals surface area contributed by atoms with E-state index in [-0.39, 0.29) is 35.8 Å². The molecule has 9 nitrogen and oxygen atoms in total. The van der Waals surface area contributed by atoms with Crippen LogP contribution in [0.5, 0.6) is 11.5 Å². The third kappa shape index (κ3) is 8.66. The van der Waals surface area contributed by atoms with E-state index in [4.69, 9.17) is 24.7 Å². The topological polar surface area (TPSA) is 89.7 Å². The maximum absolute atomic E-state index is 13.8. The summed E-state index contributed by atoms with van der Waals surface area (Å²) < 4.78 is 38.1. The zero-order valence-electron chi connectivity index (χ0n) is 29.1. The first-order chi connectivity index (χ1) is 23.8. The molecule has 10 heteroatoms. The zero-order valence-corrected chi connectivity index (χ0v) is 29.1. The van der Waals surface area contributed by atoms with Crippen molar-refractivity contribution < 1.29 is 28.1 Å². The van der Waals surface area contributed by atoms with Gasteiger partial charge in [0.05, 0.1) is 37.5 Å². The number of piperidine rings is 1. The Morgan fingerprint density at radius 1 is 1.02 bits per heavy atom. The van der Waals surface area contributed by atoms with Gasteiger partial charge >= 0.3 is 0 Å². The van der Waals surface area contributed by atoms with Crippen molar-refractivity contribution in [2.45, 2.75) is 63.9 Å².